The van der Waals surface area contributed by atoms with Crippen molar-refractivity contribution in [2.45, 2.75) is 6.10 Å². The number of para-hydroxylation sites is 1. The van der Waals surface area contributed by atoms with Crippen molar-refractivity contribution >= 4 is 44.0 Å². The zero-order valence-electron chi connectivity index (χ0n) is 13.6. The third-order valence-electron chi connectivity index (χ3n) is 3.75. The first-order valence-corrected chi connectivity index (χ1v) is 8.49. The number of rotatable bonds is 6. The van der Waals surface area contributed by atoms with Gasteiger partial charge in [-0.2, -0.15) is 0 Å². The van der Waals surface area contributed by atoms with E-state index in [2.05, 4.69) is 36.2 Å². The van der Waals surface area contributed by atoms with Gasteiger partial charge >= 0.3 is 0 Å². The maximum absolute atomic E-state index is 9.75. The third-order valence-corrected chi connectivity index (χ3v) is 4.39. The fourth-order valence-electron chi connectivity index (χ4n) is 2.60. The van der Waals surface area contributed by atoms with E-state index in [1.165, 1.54) is 6.33 Å². The van der Waals surface area contributed by atoms with Gasteiger partial charge in [0, 0.05) is 30.5 Å². The van der Waals surface area contributed by atoms with Gasteiger partial charge in [-0.05, 0) is 34.1 Å². The maximum atomic E-state index is 9.75. The third kappa shape index (κ3) is 3.87. The van der Waals surface area contributed by atoms with Crippen molar-refractivity contribution in [3.05, 3.63) is 47.5 Å². The van der Waals surface area contributed by atoms with Crippen LogP contribution in [-0.4, -0.2) is 51.5 Å². The zero-order chi connectivity index (χ0) is 17.8. The van der Waals surface area contributed by atoms with Crippen LogP contribution in [0.15, 0.2) is 47.5 Å². The molecular weight excluding hydrogens is 386 g/mol. The van der Waals surface area contributed by atoms with Crippen molar-refractivity contribution in [1.29, 1.82) is 0 Å². The molecule has 130 valence electrons. The number of nitrogens with zero attached hydrogens (tertiary/aromatic N) is 4. The van der Waals surface area contributed by atoms with E-state index in [0.717, 1.165) is 26.8 Å². The number of aliphatic hydroxyl groups is 2. The highest BCUT2D eigenvalue weighted by Crippen LogP contribution is 2.36. The quantitative estimate of drug-likeness (QED) is 0.581. The molecule has 0 amide bonds. The summed E-state index contributed by atoms with van der Waals surface area (Å²) in [5, 5.41) is 23.0. The Labute approximate surface area is 153 Å². The van der Waals surface area contributed by atoms with Crippen LogP contribution in [0.1, 0.15) is 0 Å². The molecule has 0 aliphatic carbocycles. The maximum Gasteiger partial charge on any atom is 0.143 e. The summed E-state index contributed by atoms with van der Waals surface area (Å²) < 4.78 is 0.863. The Morgan fingerprint density at radius 2 is 2.12 bits per heavy atom. The second-order valence-electron chi connectivity index (χ2n) is 5.59. The van der Waals surface area contributed by atoms with Crippen LogP contribution in [0.25, 0.3) is 10.9 Å². The van der Waals surface area contributed by atoms with E-state index < -0.39 is 6.10 Å². The lowest BCUT2D eigenvalue weighted by atomic mass is 10.2. The van der Waals surface area contributed by atoms with Gasteiger partial charge < -0.3 is 20.4 Å². The van der Waals surface area contributed by atoms with E-state index in [-0.39, 0.29) is 6.61 Å². The second-order valence-corrected chi connectivity index (χ2v) is 6.45. The van der Waals surface area contributed by atoms with E-state index in [1.54, 1.807) is 12.4 Å². The van der Waals surface area contributed by atoms with Crippen molar-refractivity contribution in [1.82, 2.24) is 15.0 Å². The predicted molar refractivity (Wildman–Crippen MR) is 101 cm³/mol. The summed E-state index contributed by atoms with van der Waals surface area (Å²) in [5.74, 6) is 0.647. The Hall–Kier alpha value is -2.29. The van der Waals surface area contributed by atoms with E-state index in [9.17, 15) is 5.11 Å². The van der Waals surface area contributed by atoms with E-state index in [1.807, 2.05) is 36.2 Å². The summed E-state index contributed by atoms with van der Waals surface area (Å²) in [5.41, 5.74) is 2.46. The van der Waals surface area contributed by atoms with Gasteiger partial charge in [-0.25, -0.2) is 9.97 Å². The summed E-state index contributed by atoms with van der Waals surface area (Å²) in [7, 11) is 1.85. The molecule has 3 N–H and O–H groups in total. The van der Waals surface area contributed by atoms with Gasteiger partial charge in [-0.3, -0.25) is 4.98 Å². The first-order chi connectivity index (χ1) is 12.1. The average Bonchev–Trinajstić information content (AvgIpc) is 2.62. The van der Waals surface area contributed by atoms with Gasteiger partial charge in [-0.1, -0.05) is 6.07 Å². The summed E-state index contributed by atoms with van der Waals surface area (Å²) in [4.78, 5) is 14.6. The number of fused-ring (bicyclic) bond motifs is 1. The molecular formula is C17H18BrN5O2. The highest BCUT2D eigenvalue weighted by Gasteiger charge is 2.16. The van der Waals surface area contributed by atoms with Crippen LogP contribution in [0.3, 0.4) is 0 Å². The monoisotopic (exact) mass is 403 g/mol. The highest BCUT2D eigenvalue weighted by atomic mass is 79.9. The second kappa shape index (κ2) is 7.73. The van der Waals surface area contributed by atoms with Crippen LogP contribution in [0.2, 0.25) is 0 Å². The van der Waals surface area contributed by atoms with Gasteiger partial charge in [0.15, 0.2) is 0 Å². The van der Waals surface area contributed by atoms with E-state index in [0.29, 0.717) is 12.4 Å². The van der Waals surface area contributed by atoms with Crippen LogP contribution in [0.4, 0.5) is 17.2 Å². The van der Waals surface area contributed by atoms with Crippen molar-refractivity contribution in [3.8, 4) is 0 Å². The van der Waals surface area contributed by atoms with Crippen LogP contribution < -0.4 is 10.2 Å². The Bertz CT molecular complexity index is 871. The topological polar surface area (TPSA) is 94.4 Å². The fraction of sp³-hybridized carbons (Fsp3) is 0.235. The first kappa shape index (κ1) is 17.5. The number of hydrogen-bond acceptors (Lipinski definition) is 7. The number of pyridine rings is 1. The highest BCUT2D eigenvalue weighted by molar-refractivity contribution is 9.10. The predicted octanol–water partition coefficient (Wildman–Crippen LogP) is 2.32. The number of nitrogens with one attached hydrogen (secondary N) is 1. The summed E-state index contributed by atoms with van der Waals surface area (Å²) in [6.45, 7) is -0.000355. The van der Waals surface area contributed by atoms with Gasteiger partial charge in [0.25, 0.3) is 0 Å². The molecule has 0 spiro atoms. The molecule has 0 aliphatic heterocycles. The molecule has 0 aliphatic rings. The molecule has 1 atom stereocenters. The number of aliphatic hydroxyl groups excluding tert-OH is 2. The van der Waals surface area contributed by atoms with E-state index in [4.69, 9.17) is 5.11 Å². The van der Waals surface area contributed by atoms with Crippen molar-refractivity contribution in [2.24, 2.45) is 0 Å². The number of likely N-dealkylation sites (N-methyl/N-ethyl adjacent to an activating group) is 1. The van der Waals surface area contributed by atoms with Crippen LogP contribution in [-0.2, 0) is 0 Å². The Balaban J connectivity index is 1.99. The minimum Gasteiger partial charge on any atom is -0.394 e. The minimum absolute atomic E-state index is 0.292. The number of benzene rings is 1. The van der Waals surface area contributed by atoms with Gasteiger partial charge in [0.05, 0.1) is 35.0 Å². The Morgan fingerprint density at radius 3 is 2.92 bits per heavy atom. The van der Waals surface area contributed by atoms with Gasteiger partial charge in [0.2, 0.25) is 0 Å². The Kier molecular flexibility index (Phi) is 5.42. The van der Waals surface area contributed by atoms with Crippen molar-refractivity contribution in [2.75, 3.05) is 30.4 Å². The zero-order valence-corrected chi connectivity index (χ0v) is 15.2. The van der Waals surface area contributed by atoms with Crippen molar-refractivity contribution in [3.63, 3.8) is 0 Å². The molecule has 1 aromatic carbocycles. The summed E-state index contributed by atoms with van der Waals surface area (Å²) in [6.07, 6.45) is 4.08. The molecule has 1 unspecified atom stereocenters. The average molecular weight is 404 g/mol. The van der Waals surface area contributed by atoms with Crippen LogP contribution >= 0.6 is 15.9 Å². The lowest BCUT2D eigenvalue weighted by molar-refractivity contribution is 0.101. The number of anilines is 3. The molecule has 2 aromatic heterocycles. The van der Waals surface area contributed by atoms with Gasteiger partial charge in [0.1, 0.15) is 12.1 Å². The first-order valence-electron chi connectivity index (χ1n) is 7.70. The molecule has 0 radical (unpaired) electrons. The van der Waals surface area contributed by atoms with Crippen molar-refractivity contribution < 1.29 is 10.2 Å². The molecule has 3 rings (SSSR count). The molecule has 8 heteroatoms. The molecule has 0 fully saturated rings. The standard InChI is InChI=1S/C17H18BrN5O2/c1-23(8-11(25)9-24)16-13(18)3-2-4-15(16)22-17-12-7-19-6-5-14(12)20-10-21-17/h2-7,10-11,24-25H,8-9H2,1H3,(H,20,21,22). The molecule has 0 saturated heterocycles. The lowest BCUT2D eigenvalue weighted by Crippen LogP contribution is -2.31. The fourth-order valence-corrected chi connectivity index (χ4v) is 3.27. The molecule has 2 heterocycles. The lowest BCUT2D eigenvalue weighted by Gasteiger charge is -2.26. The molecule has 0 saturated carbocycles. The van der Waals surface area contributed by atoms with E-state index >= 15 is 0 Å². The van der Waals surface area contributed by atoms with Crippen LogP contribution in [0, 0.1) is 0 Å². The summed E-state index contributed by atoms with van der Waals surface area (Å²) in [6, 6.07) is 7.58. The smallest absolute Gasteiger partial charge is 0.143 e. The minimum atomic E-state index is -0.825. The largest absolute Gasteiger partial charge is 0.394 e. The summed E-state index contributed by atoms with van der Waals surface area (Å²) >= 11 is 3.55. The Morgan fingerprint density at radius 1 is 1.28 bits per heavy atom. The molecule has 3 aromatic rings. The molecule has 0 bridgehead atoms. The SMILES string of the molecule is CN(CC(O)CO)c1c(Br)cccc1Nc1ncnc2ccncc12. The number of halogens is 1. The normalized spacial score (nSPS) is 12.2. The van der Waals surface area contributed by atoms with Gasteiger partial charge in [-0.15, -0.1) is 0 Å². The number of hydrogen-bond donors (Lipinski definition) is 3. The molecule has 7 nitrogen and oxygen atoms in total. The van der Waals surface area contributed by atoms with Crippen LogP contribution in [0.5, 0.6) is 0 Å². The molecule has 25 heavy (non-hydrogen) atoms. The number of aromatic nitrogens is 3.